The summed E-state index contributed by atoms with van der Waals surface area (Å²) < 4.78 is 5.07. The number of aryl methyl sites for hydroxylation is 1. The van der Waals surface area contributed by atoms with Crippen molar-refractivity contribution in [2.24, 2.45) is 5.92 Å². The Bertz CT molecular complexity index is 762. The molecule has 146 valence electrons. The number of hydrogen-bond acceptors (Lipinski definition) is 5. The van der Waals surface area contributed by atoms with E-state index >= 15 is 0 Å². The number of nitrogens with one attached hydrogen (secondary N) is 1. The van der Waals surface area contributed by atoms with Gasteiger partial charge in [0.1, 0.15) is 0 Å². The Hall–Kier alpha value is -2.90. The standard InChI is InChI=1S/C19H25N3O5/c1-12-6-5-7-15(13(12)2)22-9-14(8-17(22)24)19(26)27-11-18(25)21(4)10-16(23)20-3/h5-7,14H,8-11H2,1-4H3,(H,20,23)/t14-/m0/s1. The molecule has 1 N–H and O–H groups in total. The van der Waals surface area contributed by atoms with Gasteiger partial charge in [0.25, 0.3) is 5.91 Å². The van der Waals surface area contributed by atoms with Gasteiger partial charge in [-0.25, -0.2) is 0 Å². The van der Waals surface area contributed by atoms with Gasteiger partial charge in [-0.1, -0.05) is 12.1 Å². The molecule has 0 bridgehead atoms. The first-order valence-electron chi connectivity index (χ1n) is 8.72. The quantitative estimate of drug-likeness (QED) is 0.727. The highest BCUT2D eigenvalue weighted by Crippen LogP contribution is 2.29. The molecule has 1 aromatic rings. The summed E-state index contributed by atoms with van der Waals surface area (Å²) >= 11 is 0. The lowest BCUT2D eigenvalue weighted by atomic mass is 10.1. The van der Waals surface area contributed by atoms with Gasteiger partial charge in [-0.2, -0.15) is 0 Å². The summed E-state index contributed by atoms with van der Waals surface area (Å²) in [5.74, 6) is -2.15. The third-order valence-corrected chi connectivity index (χ3v) is 4.75. The molecule has 1 aromatic carbocycles. The minimum Gasteiger partial charge on any atom is -0.455 e. The average molecular weight is 375 g/mol. The van der Waals surface area contributed by atoms with Gasteiger partial charge in [0.05, 0.1) is 12.5 Å². The zero-order chi connectivity index (χ0) is 20.1. The highest BCUT2D eigenvalue weighted by Gasteiger charge is 2.37. The van der Waals surface area contributed by atoms with E-state index in [4.69, 9.17) is 4.74 Å². The average Bonchev–Trinajstić information content (AvgIpc) is 3.03. The summed E-state index contributed by atoms with van der Waals surface area (Å²) in [6, 6.07) is 5.69. The molecule has 1 atom stereocenters. The lowest BCUT2D eigenvalue weighted by Gasteiger charge is -2.20. The zero-order valence-electron chi connectivity index (χ0n) is 16.1. The van der Waals surface area contributed by atoms with Gasteiger partial charge < -0.3 is 19.9 Å². The molecule has 1 fully saturated rings. The molecule has 0 aliphatic carbocycles. The molecule has 27 heavy (non-hydrogen) atoms. The number of amides is 3. The van der Waals surface area contributed by atoms with Crippen LogP contribution in [0.25, 0.3) is 0 Å². The maximum Gasteiger partial charge on any atom is 0.311 e. The molecule has 1 heterocycles. The molecule has 1 saturated heterocycles. The fraction of sp³-hybridized carbons (Fsp3) is 0.474. The number of carbonyl (C=O) groups is 4. The number of hydrogen-bond donors (Lipinski definition) is 1. The van der Waals surface area contributed by atoms with E-state index in [0.29, 0.717) is 0 Å². The van der Waals surface area contributed by atoms with E-state index in [9.17, 15) is 19.2 Å². The number of carbonyl (C=O) groups excluding carboxylic acids is 4. The molecule has 1 aliphatic heterocycles. The third-order valence-electron chi connectivity index (χ3n) is 4.75. The molecule has 0 radical (unpaired) electrons. The minimum absolute atomic E-state index is 0.0501. The lowest BCUT2D eigenvalue weighted by Crippen LogP contribution is -2.39. The van der Waals surface area contributed by atoms with E-state index in [1.807, 2.05) is 32.0 Å². The number of esters is 1. The first kappa shape index (κ1) is 20.4. The van der Waals surface area contributed by atoms with Crippen LogP contribution in [0.1, 0.15) is 17.5 Å². The molecule has 0 saturated carbocycles. The van der Waals surface area contributed by atoms with Crippen LogP contribution < -0.4 is 10.2 Å². The Morgan fingerprint density at radius 1 is 1.30 bits per heavy atom. The van der Waals surface area contributed by atoms with Gasteiger partial charge in [-0.3, -0.25) is 19.2 Å². The van der Waals surface area contributed by atoms with Crippen LogP contribution in [0.2, 0.25) is 0 Å². The topological polar surface area (TPSA) is 96.0 Å². The molecule has 8 nitrogen and oxygen atoms in total. The predicted octanol–water partition coefficient (Wildman–Crippen LogP) is 0.404. The van der Waals surface area contributed by atoms with Crippen LogP contribution in [0.15, 0.2) is 18.2 Å². The molecule has 0 aromatic heterocycles. The summed E-state index contributed by atoms with van der Waals surface area (Å²) in [7, 11) is 2.92. The van der Waals surface area contributed by atoms with Crippen molar-refractivity contribution >= 4 is 29.4 Å². The number of benzene rings is 1. The van der Waals surface area contributed by atoms with Crippen LogP contribution in [0.3, 0.4) is 0 Å². The summed E-state index contributed by atoms with van der Waals surface area (Å²) in [6.45, 7) is 3.55. The summed E-state index contributed by atoms with van der Waals surface area (Å²) in [5.41, 5.74) is 2.85. The Morgan fingerprint density at radius 2 is 2.00 bits per heavy atom. The minimum atomic E-state index is -0.616. The van der Waals surface area contributed by atoms with Crippen molar-refractivity contribution in [2.75, 3.05) is 38.7 Å². The molecule has 8 heteroatoms. The second kappa shape index (κ2) is 8.66. The number of rotatable bonds is 6. The Labute approximate surface area is 158 Å². The van der Waals surface area contributed by atoms with Crippen molar-refractivity contribution < 1.29 is 23.9 Å². The van der Waals surface area contributed by atoms with E-state index in [0.717, 1.165) is 16.8 Å². The maximum absolute atomic E-state index is 12.4. The van der Waals surface area contributed by atoms with Gasteiger partial charge in [0.15, 0.2) is 6.61 Å². The second-order valence-corrected chi connectivity index (χ2v) is 6.66. The molecule has 3 amide bonds. The van der Waals surface area contributed by atoms with E-state index in [2.05, 4.69) is 5.32 Å². The van der Waals surface area contributed by atoms with E-state index in [-0.39, 0.29) is 31.3 Å². The SMILES string of the molecule is CNC(=O)CN(C)C(=O)COC(=O)[C@H]1CC(=O)N(c2cccc(C)c2C)C1. The summed E-state index contributed by atoms with van der Waals surface area (Å²) in [4.78, 5) is 50.6. The number of anilines is 1. The molecule has 2 rings (SSSR count). The summed E-state index contributed by atoms with van der Waals surface area (Å²) in [5, 5.41) is 2.41. The number of nitrogens with zero attached hydrogens (tertiary/aromatic N) is 2. The van der Waals surface area contributed by atoms with Gasteiger partial charge in [0.2, 0.25) is 11.8 Å². The van der Waals surface area contributed by atoms with Gasteiger partial charge >= 0.3 is 5.97 Å². The van der Waals surface area contributed by atoms with Gasteiger partial charge in [-0.15, -0.1) is 0 Å². The van der Waals surface area contributed by atoms with Crippen LogP contribution in [0, 0.1) is 19.8 Å². The van der Waals surface area contributed by atoms with Crippen molar-refractivity contribution in [1.29, 1.82) is 0 Å². The molecule has 0 unspecified atom stereocenters. The van der Waals surface area contributed by atoms with Crippen LogP contribution in [-0.4, -0.2) is 62.4 Å². The Balaban J connectivity index is 1.93. The van der Waals surface area contributed by atoms with Crippen molar-refractivity contribution in [3.63, 3.8) is 0 Å². The van der Waals surface area contributed by atoms with Crippen LogP contribution >= 0.6 is 0 Å². The van der Waals surface area contributed by atoms with E-state index in [1.54, 1.807) is 4.90 Å². The first-order chi connectivity index (χ1) is 12.7. The first-order valence-corrected chi connectivity index (χ1v) is 8.72. The highest BCUT2D eigenvalue weighted by atomic mass is 16.5. The van der Waals surface area contributed by atoms with Crippen LogP contribution in [0.5, 0.6) is 0 Å². The highest BCUT2D eigenvalue weighted by molar-refractivity contribution is 6.00. The van der Waals surface area contributed by atoms with Crippen molar-refractivity contribution in [3.05, 3.63) is 29.3 Å². The predicted molar refractivity (Wildman–Crippen MR) is 99.0 cm³/mol. The number of ether oxygens (including phenoxy) is 1. The molecular weight excluding hydrogens is 350 g/mol. The van der Waals surface area contributed by atoms with Crippen molar-refractivity contribution in [2.45, 2.75) is 20.3 Å². The fourth-order valence-corrected chi connectivity index (χ4v) is 2.87. The third kappa shape index (κ3) is 4.84. The van der Waals surface area contributed by atoms with Gasteiger partial charge in [0, 0.05) is 32.7 Å². The Kier molecular flexibility index (Phi) is 6.55. The normalized spacial score (nSPS) is 16.2. The largest absolute Gasteiger partial charge is 0.455 e. The smallest absolute Gasteiger partial charge is 0.311 e. The molecule has 1 aliphatic rings. The van der Waals surface area contributed by atoms with Crippen molar-refractivity contribution in [3.8, 4) is 0 Å². The van der Waals surface area contributed by atoms with Crippen LogP contribution in [0.4, 0.5) is 5.69 Å². The van der Waals surface area contributed by atoms with E-state index in [1.165, 1.54) is 19.0 Å². The lowest BCUT2D eigenvalue weighted by molar-refractivity contribution is -0.155. The zero-order valence-corrected chi connectivity index (χ0v) is 16.1. The second-order valence-electron chi connectivity index (χ2n) is 6.66. The Morgan fingerprint density at radius 3 is 2.67 bits per heavy atom. The maximum atomic E-state index is 12.4. The number of likely N-dealkylation sites (N-methyl/N-ethyl adjacent to an activating group) is 2. The molecular formula is C19H25N3O5. The molecule has 0 spiro atoms. The van der Waals surface area contributed by atoms with Crippen LogP contribution in [-0.2, 0) is 23.9 Å². The van der Waals surface area contributed by atoms with Gasteiger partial charge in [-0.05, 0) is 31.0 Å². The van der Waals surface area contributed by atoms with Crippen molar-refractivity contribution in [1.82, 2.24) is 10.2 Å². The summed E-state index contributed by atoms with van der Waals surface area (Å²) in [6.07, 6.45) is 0.0501. The monoisotopic (exact) mass is 375 g/mol. The van der Waals surface area contributed by atoms with E-state index < -0.39 is 24.4 Å². The fourth-order valence-electron chi connectivity index (χ4n) is 2.87.